The van der Waals surface area contributed by atoms with Crippen LogP contribution in [0.3, 0.4) is 0 Å². The Morgan fingerprint density at radius 2 is 1.48 bits per heavy atom. The van der Waals surface area contributed by atoms with Gasteiger partial charge in [0.15, 0.2) is 0 Å². The Morgan fingerprint density at radius 1 is 0.800 bits per heavy atom. The standard InChI is InChI=1S/C18H15N3O3S/c22-25(23)24-18-8-4-7-17(13-18)21-20-16-11-9-15(10-12-16)19-14-5-2-1-3-6-14/h1-13,19H,(H,22,23). The van der Waals surface area contributed by atoms with Crippen LogP contribution in [-0.4, -0.2) is 8.76 Å². The molecule has 6 nitrogen and oxygen atoms in total. The highest BCUT2D eigenvalue weighted by Gasteiger charge is 2.00. The molecule has 2 N–H and O–H groups in total. The molecule has 0 spiro atoms. The molecule has 0 aromatic heterocycles. The Kier molecular flexibility index (Phi) is 5.50. The lowest BCUT2D eigenvalue weighted by molar-refractivity contribution is 0.458. The first-order valence-corrected chi connectivity index (χ1v) is 8.45. The van der Waals surface area contributed by atoms with Gasteiger partial charge in [-0.25, -0.2) is 0 Å². The molecular formula is C18H15N3O3S. The predicted molar refractivity (Wildman–Crippen MR) is 98.2 cm³/mol. The average Bonchev–Trinajstić information content (AvgIpc) is 2.62. The first-order valence-electron chi connectivity index (χ1n) is 7.42. The quantitative estimate of drug-likeness (QED) is 0.461. The Labute approximate surface area is 147 Å². The summed E-state index contributed by atoms with van der Waals surface area (Å²) in [6.07, 6.45) is 0. The molecule has 0 radical (unpaired) electrons. The van der Waals surface area contributed by atoms with Gasteiger partial charge in [0.1, 0.15) is 5.75 Å². The topological polar surface area (TPSA) is 83.3 Å². The van der Waals surface area contributed by atoms with E-state index in [9.17, 15) is 4.21 Å². The summed E-state index contributed by atoms with van der Waals surface area (Å²) in [5.41, 5.74) is 3.17. The summed E-state index contributed by atoms with van der Waals surface area (Å²) in [5.74, 6) is 0.250. The number of nitrogens with one attached hydrogen (secondary N) is 1. The van der Waals surface area contributed by atoms with Crippen molar-refractivity contribution in [2.75, 3.05) is 5.32 Å². The Balaban J connectivity index is 1.67. The van der Waals surface area contributed by atoms with Crippen LogP contribution in [-0.2, 0) is 11.4 Å². The van der Waals surface area contributed by atoms with Crippen molar-refractivity contribution in [1.29, 1.82) is 0 Å². The molecule has 1 atom stereocenters. The van der Waals surface area contributed by atoms with E-state index in [1.807, 2.05) is 54.6 Å². The van der Waals surface area contributed by atoms with Gasteiger partial charge in [-0.3, -0.25) is 4.55 Å². The lowest BCUT2D eigenvalue weighted by Gasteiger charge is -2.05. The molecule has 126 valence electrons. The molecular weight excluding hydrogens is 338 g/mol. The van der Waals surface area contributed by atoms with E-state index in [1.165, 1.54) is 6.07 Å². The summed E-state index contributed by atoms with van der Waals surface area (Å²) >= 11 is -2.36. The molecule has 7 heteroatoms. The van der Waals surface area contributed by atoms with Crippen LogP contribution >= 0.6 is 0 Å². The van der Waals surface area contributed by atoms with Gasteiger partial charge in [0.05, 0.1) is 11.4 Å². The van der Waals surface area contributed by atoms with Crippen LogP contribution in [0.15, 0.2) is 89.1 Å². The molecule has 3 rings (SSSR count). The molecule has 25 heavy (non-hydrogen) atoms. The molecule has 0 bridgehead atoms. The molecule has 0 aliphatic heterocycles. The van der Waals surface area contributed by atoms with Crippen LogP contribution in [0.1, 0.15) is 0 Å². The zero-order valence-electron chi connectivity index (χ0n) is 13.1. The van der Waals surface area contributed by atoms with Crippen molar-refractivity contribution < 1.29 is 12.9 Å². The monoisotopic (exact) mass is 353 g/mol. The molecule has 0 saturated carbocycles. The van der Waals surface area contributed by atoms with Crippen molar-refractivity contribution in [1.82, 2.24) is 0 Å². The fourth-order valence-corrected chi connectivity index (χ4v) is 2.36. The Bertz CT molecular complexity index is 884. The maximum absolute atomic E-state index is 10.7. The third kappa shape index (κ3) is 5.23. The second kappa shape index (κ2) is 8.18. The molecule has 0 aliphatic rings. The minimum Gasteiger partial charge on any atom is -0.380 e. The second-order valence-electron chi connectivity index (χ2n) is 5.04. The maximum Gasteiger partial charge on any atom is 0.357 e. The third-order valence-electron chi connectivity index (χ3n) is 3.20. The Morgan fingerprint density at radius 3 is 2.20 bits per heavy atom. The first-order chi connectivity index (χ1) is 12.2. The van der Waals surface area contributed by atoms with Crippen LogP contribution < -0.4 is 9.50 Å². The molecule has 3 aromatic rings. The van der Waals surface area contributed by atoms with Crippen LogP contribution in [0.2, 0.25) is 0 Å². The van der Waals surface area contributed by atoms with E-state index in [0.29, 0.717) is 11.4 Å². The lowest BCUT2D eigenvalue weighted by Crippen LogP contribution is -1.96. The molecule has 0 heterocycles. The number of anilines is 2. The van der Waals surface area contributed by atoms with Gasteiger partial charge < -0.3 is 9.50 Å². The fourth-order valence-electron chi connectivity index (χ4n) is 2.09. The van der Waals surface area contributed by atoms with Crippen molar-refractivity contribution >= 4 is 34.1 Å². The van der Waals surface area contributed by atoms with Gasteiger partial charge in [-0.1, -0.05) is 24.3 Å². The van der Waals surface area contributed by atoms with Crippen LogP contribution in [0.25, 0.3) is 0 Å². The van der Waals surface area contributed by atoms with Crippen molar-refractivity contribution in [2.45, 2.75) is 0 Å². The average molecular weight is 353 g/mol. The van der Waals surface area contributed by atoms with Crippen molar-refractivity contribution in [2.24, 2.45) is 10.2 Å². The molecule has 0 amide bonds. The molecule has 0 aliphatic carbocycles. The van der Waals surface area contributed by atoms with Gasteiger partial charge in [-0.15, -0.1) is 0 Å². The van der Waals surface area contributed by atoms with E-state index < -0.39 is 11.4 Å². The van der Waals surface area contributed by atoms with Gasteiger partial charge in [0.2, 0.25) is 0 Å². The number of benzene rings is 3. The summed E-state index contributed by atoms with van der Waals surface area (Å²) < 4.78 is 24.1. The van der Waals surface area contributed by atoms with E-state index >= 15 is 0 Å². The van der Waals surface area contributed by atoms with Crippen molar-refractivity contribution in [3.63, 3.8) is 0 Å². The lowest BCUT2D eigenvalue weighted by atomic mass is 10.2. The predicted octanol–water partition coefficient (Wildman–Crippen LogP) is 5.36. The number of hydrogen-bond donors (Lipinski definition) is 2. The van der Waals surface area contributed by atoms with E-state index in [4.69, 9.17) is 8.74 Å². The summed E-state index contributed by atoms with van der Waals surface area (Å²) in [6, 6.07) is 23.9. The highest BCUT2D eigenvalue weighted by molar-refractivity contribution is 7.74. The fraction of sp³-hybridized carbons (Fsp3) is 0. The summed E-state index contributed by atoms with van der Waals surface area (Å²) in [6.45, 7) is 0. The normalized spacial score (nSPS) is 12.0. The van der Waals surface area contributed by atoms with E-state index in [1.54, 1.807) is 18.2 Å². The highest BCUT2D eigenvalue weighted by atomic mass is 32.2. The summed E-state index contributed by atoms with van der Waals surface area (Å²) in [7, 11) is 0. The van der Waals surface area contributed by atoms with Crippen molar-refractivity contribution in [3.8, 4) is 5.75 Å². The Hall–Kier alpha value is -3.03. The van der Waals surface area contributed by atoms with Crippen molar-refractivity contribution in [3.05, 3.63) is 78.9 Å². The smallest absolute Gasteiger partial charge is 0.357 e. The summed E-state index contributed by atoms with van der Waals surface area (Å²) in [4.78, 5) is 0. The molecule has 0 fully saturated rings. The SMILES string of the molecule is O=S(O)Oc1cccc(N=Nc2ccc(Nc3ccccc3)cc2)c1. The largest absolute Gasteiger partial charge is 0.380 e. The minimum atomic E-state index is -2.36. The second-order valence-corrected chi connectivity index (χ2v) is 5.64. The molecule has 1 unspecified atom stereocenters. The van der Waals surface area contributed by atoms with E-state index in [2.05, 4.69) is 15.5 Å². The van der Waals surface area contributed by atoms with Crippen LogP contribution in [0, 0.1) is 0 Å². The summed E-state index contributed by atoms with van der Waals surface area (Å²) in [5, 5.41) is 11.5. The number of azo groups is 1. The van der Waals surface area contributed by atoms with Gasteiger partial charge in [-0.2, -0.15) is 14.4 Å². The minimum absolute atomic E-state index is 0.250. The highest BCUT2D eigenvalue weighted by Crippen LogP contribution is 2.24. The number of para-hydroxylation sites is 1. The van der Waals surface area contributed by atoms with Gasteiger partial charge in [0, 0.05) is 17.4 Å². The van der Waals surface area contributed by atoms with E-state index in [0.717, 1.165) is 11.4 Å². The maximum atomic E-state index is 10.7. The third-order valence-corrected chi connectivity index (χ3v) is 3.53. The van der Waals surface area contributed by atoms with Crippen LogP contribution in [0.5, 0.6) is 5.75 Å². The number of nitrogens with zero attached hydrogens (tertiary/aromatic N) is 2. The van der Waals surface area contributed by atoms with Gasteiger partial charge in [-0.05, 0) is 48.5 Å². The molecule has 3 aromatic carbocycles. The van der Waals surface area contributed by atoms with Gasteiger partial charge in [0.25, 0.3) is 0 Å². The number of rotatable bonds is 6. The first kappa shape index (κ1) is 16.8. The van der Waals surface area contributed by atoms with Gasteiger partial charge >= 0.3 is 11.4 Å². The van der Waals surface area contributed by atoms with E-state index in [-0.39, 0.29) is 5.75 Å². The zero-order chi connectivity index (χ0) is 17.5. The zero-order valence-corrected chi connectivity index (χ0v) is 13.9. The van der Waals surface area contributed by atoms with Crippen LogP contribution in [0.4, 0.5) is 22.7 Å². The molecule has 0 saturated heterocycles. The number of hydrogen-bond acceptors (Lipinski definition) is 5.